The summed E-state index contributed by atoms with van der Waals surface area (Å²) in [5.74, 6) is -0.472. The number of hydrogen-bond donors (Lipinski definition) is 1. The van der Waals surface area contributed by atoms with Crippen LogP contribution in [0.1, 0.15) is 40.2 Å². The number of allylic oxidation sites excluding steroid dienone is 2. The van der Waals surface area contributed by atoms with E-state index in [2.05, 4.69) is 4.99 Å². The summed E-state index contributed by atoms with van der Waals surface area (Å²) in [5, 5.41) is 10.8. The number of aromatic hydroxyl groups is 1. The number of benzene rings is 2. The standard InChI is InChI=1S/C25H22N2O4S/c1-3-27-23(29)22(15-20-19-11-6-5-8-16(19)12-13-21(20)28)32-25(27)26-18-10-7-9-17(14-18)24(30)31-4-2/h5-15,29H,3-4H2,1-2H3/b20-15-,26-25?. The Labute approximate surface area is 189 Å². The number of thiazole rings is 1. The third kappa shape index (κ3) is 4.20. The molecule has 0 aliphatic heterocycles. The maximum atomic E-state index is 12.6. The summed E-state index contributed by atoms with van der Waals surface area (Å²) in [6.07, 6.45) is 5.05. The fourth-order valence-electron chi connectivity index (χ4n) is 3.47. The third-order valence-electron chi connectivity index (χ3n) is 5.01. The fourth-order valence-corrected chi connectivity index (χ4v) is 4.52. The van der Waals surface area contributed by atoms with Crippen LogP contribution in [0.3, 0.4) is 0 Å². The van der Waals surface area contributed by atoms with Gasteiger partial charge in [0.25, 0.3) is 0 Å². The number of esters is 1. The van der Waals surface area contributed by atoms with Crippen LogP contribution < -0.4 is 4.80 Å². The van der Waals surface area contributed by atoms with Crippen LogP contribution in [0.5, 0.6) is 5.88 Å². The topological polar surface area (TPSA) is 80.9 Å². The van der Waals surface area contributed by atoms with Crippen molar-refractivity contribution in [3.05, 3.63) is 81.0 Å². The zero-order chi connectivity index (χ0) is 22.7. The van der Waals surface area contributed by atoms with Gasteiger partial charge in [0.15, 0.2) is 10.6 Å². The van der Waals surface area contributed by atoms with Crippen molar-refractivity contribution in [3.8, 4) is 5.88 Å². The van der Waals surface area contributed by atoms with Gasteiger partial charge in [0, 0.05) is 12.1 Å². The first-order chi connectivity index (χ1) is 15.5. The summed E-state index contributed by atoms with van der Waals surface area (Å²) in [6.45, 7) is 4.45. The number of carbonyl (C=O) groups excluding carboxylic acids is 2. The summed E-state index contributed by atoms with van der Waals surface area (Å²) in [6, 6.07) is 14.5. The minimum Gasteiger partial charge on any atom is -0.493 e. The molecule has 0 amide bonds. The van der Waals surface area contributed by atoms with Gasteiger partial charge >= 0.3 is 5.97 Å². The Morgan fingerprint density at radius 2 is 1.97 bits per heavy atom. The van der Waals surface area contributed by atoms with E-state index >= 15 is 0 Å². The Kier molecular flexibility index (Phi) is 6.18. The highest BCUT2D eigenvalue weighted by Gasteiger charge is 2.19. The van der Waals surface area contributed by atoms with Gasteiger partial charge in [-0.3, -0.25) is 9.36 Å². The second kappa shape index (κ2) is 9.20. The van der Waals surface area contributed by atoms with E-state index in [1.54, 1.807) is 54.0 Å². The van der Waals surface area contributed by atoms with Crippen molar-refractivity contribution in [1.29, 1.82) is 0 Å². The van der Waals surface area contributed by atoms with E-state index < -0.39 is 5.97 Å². The average molecular weight is 447 g/mol. The summed E-state index contributed by atoms with van der Waals surface area (Å²) in [5.41, 5.74) is 3.30. The quantitative estimate of drug-likeness (QED) is 0.450. The first-order valence-corrected chi connectivity index (χ1v) is 11.1. The third-order valence-corrected chi connectivity index (χ3v) is 6.03. The highest BCUT2D eigenvalue weighted by Crippen LogP contribution is 2.32. The second-order valence-electron chi connectivity index (χ2n) is 7.04. The molecular weight excluding hydrogens is 424 g/mol. The van der Waals surface area contributed by atoms with Crippen LogP contribution in [-0.4, -0.2) is 28.0 Å². The Morgan fingerprint density at radius 1 is 1.16 bits per heavy atom. The second-order valence-corrected chi connectivity index (χ2v) is 8.05. The van der Waals surface area contributed by atoms with E-state index in [9.17, 15) is 14.7 Å². The lowest BCUT2D eigenvalue weighted by atomic mass is 9.91. The van der Waals surface area contributed by atoms with Crippen LogP contribution in [0, 0.1) is 0 Å². The lowest BCUT2D eigenvalue weighted by molar-refractivity contribution is -0.109. The number of ether oxygens (including phenoxy) is 1. The molecular formula is C25H22N2O4S. The van der Waals surface area contributed by atoms with Gasteiger partial charge in [-0.05, 0) is 55.3 Å². The zero-order valence-electron chi connectivity index (χ0n) is 17.7. The Morgan fingerprint density at radius 3 is 2.75 bits per heavy atom. The molecule has 0 saturated carbocycles. The van der Waals surface area contributed by atoms with Crippen LogP contribution in [-0.2, 0) is 16.1 Å². The first-order valence-electron chi connectivity index (χ1n) is 10.3. The van der Waals surface area contributed by atoms with Crippen molar-refractivity contribution in [1.82, 2.24) is 4.57 Å². The summed E-state index contributed by atoms with van der Waals surface area (Å²) in [7, 11) is 0. The molecule has 0 atom stereocenters. The molecule has 1 aliphatic carbocycles. The molecule has 1 aliphatic rings. The minimum absolute atomic E-state index is 0.0464. The van der Waals surface area contributed by atoms with E-state index in [-0.39, 0.29) is 11.7 Å². The Balaban J connectivity index is 1.79. The van der Waals surface area contributed by atoms with Gasteiger partial charge in [-0.15, -0.1) is 0 Å². The highest BCUT2D eigenvalue weighted by molar-refractivity contribution is 7.10. The number of carbonyl (C=O) groups is 2. The van der Waals surface area contributed by atoms with Crippen LogP contribution in [0.15, 0.2) is 59.6 Å². The molecule has 162 valence electrons. The van der Waals surface area contributed by atoms with Crippen molar-refractivity contribution < 1.29 is 19.4 Å². The molecule has 0 saturated heterocycles. The van der Waals surface area contributed by atoms with Crippen molar-refractivity contribution in [2.24, 2.45) is 4.99 Å². The molecule has 1 aromatic heterocycles. The van der Waals surface area contributed by atoms with E-state index in [0.717, 1.165) is 11.1 Å². The number of fused-ring (bicyclic) bond motifs is 1. The van der Waals surface area contributed by atoms with Gasteiger partial charge in [-0.25, -0.2) is 9.79 Å². The maximum absolute atomic E-state index is 12.6. The SMILES string of the molecule is CCOC(=O)c1cccc(N=c2sc(/C=C3\C(=O)C=Cc4ccccc43)c(O)n2CC)c1. The predicted octanol–water partition coefficient (Wildman–Crippen LogP) is 4.82. The van der Waals surface area contributed by atoms with Gasteiger partial charge in [-0.2, -0.15) is 0 Å². The number of aromatic nitrogens is 1. The monoisotopic (exact) mass is 446 g/mol. The zero-order valence-corrected chi connectivity index (χ0v) is 18.6. The molecule has 0 bridgehead atoms. The van der Waals surface area contributed by atoms with E-state index in [0.29, 0.717) is 39.7 Å². The van der Waals surface area contributed by atoms with Crippen LogP contribution in [0.4, 0.5) is 5.69 Å². The number of ketones is 1. The van der Waals surface area contributed by atoms with Gasteiger partial charge in [0.2, 0.25) is 5.88 Å². The highest BCUT2D eigenvalue weighted by atomic mass is 32.1. The molecule has 0 fully saturated rings. The average Bonchev–Trinajstić information content (AvgIpc) is 3.09. The summed E-state index contributed by atoms with van der Waals surface area (Å²) >= 11 is 1.28. The van der Waals surface area contributed by atoms with Crippen molar-refractivity contribution in [3.63, 3.8) is 0 Å². The van der Waals surface area contributed by atoms with Crippen molar-refractivity contribution >= 4 is 46.5 Å². The van der Waals surface area contributed by atoms with Crippen molar-refractivity contribution in [2.75, 3.05) is 6.61 Å². The molecule has 1 N–H and O–H groups in total. The van der Waals surface area contributed by atoms with E-state index in [1.165, 1.54) is 11.3 Å². The smallest absolute Gasteiger partial charge is 0.338 e. The largest absolute Gasteiger partial charge is 0.493 e. The van der Waals surface area contributed by atoms with E-state index in [1.807, 2.05) is 31.2 Å². The number of nitrogens with zero attached hydrogens (tertiary/aromatic N) is 2. The van der Waals surface area contributed by atoms with Gasteiger partial charge < -0.3 is 9.84 Å². The lowest BCUT2D eigenvalue weighted by Gasteiger charge is -2.12. The molecule has 1 heterocycles. The molecule has 3 aromatic rings. The molecule has 2 aromatic carbocycles. The fraction of sp³-hybridized carbons (Fsp3) is 0.160. The van der Waals surface area contributed by atoms with Crippen LogP contribution in [0.25, 0.3) is 17.7 Å². The van der Waals surface area contributed by atoms with Crippen LogP contribution >= 0.6 is 11.3 Å². The van der Waals surface area contributed by atoms with Crippen molar-refractivity contribution in [2.45, 2.75) is 20.4 Å². The van der Waals surface area contributed by atoms with Gasteiger partial charge in [0.1, 0.15) is 0 Å². The molecule has 4 rings (SSSR count). The molecule has 0 spiro atoms. The van der Waals surface area contributed by atoms with Crippen LogP contribution in [0.2, 0.25) is 0 Å². The van der Waals surface area contributed by atoms with Gasteiger partial charge in [-0.1, -0.05) is 47.7 Å². The molecule has 7 heteroatoms. The predicted molar refractivity (Wildman–Crippen MR) is 126 cm³/mol. The Bertz CT molecular complexity index is 1330. The van der Waals surface area contributed by atoms with E-state index in [4.69, 9.17) is 4.74 Å². The minimum atomic E-state index is -0.408. The first kappa shape index (κ1) is 21.5. The lowest BCUT2D eigenvalue weighted by Crippen LogP contribution is -2.12. The molecule has 0 radical (unpaired) electrons. The molecule has 6 nitrogen and oxygen atoms in total. The summed E-state index contributed by atoms with van der Waals surface area (Å²) < 4.78 is 6.73. The summed E-state index contributed by atoms with van der Waals surface area (Å²) in [4.78, 5) is 30.3. The molecule has 0 unspecified atom stereocenters. The normalized spacial score (nSPS) is 14.6. The van der Waals surface area contributed by atoms with Gasteiger partial charge in [0.05, 0.1) is 22.7 Å². The Hall–Kier alpha value is -3.71. The number of hydrogen-bond acceptors (Lipinski definition) is 6. The maximum Gasteiger partial charge on any atom is 0.338 e. The number of rotatable bonds is 5. The molecule has 32 heavy (non-hydrogen) atoms.